The zero-order chi connectivity index (χ0) is 19.3. The Bertz CT molecular complexity index is 824. The molecule has 0 saturated carbocycles. The first-order chi connectivity index (χ1) is 12.3. The molecule has 11 nitrogen and oxygen atoms in total. The molecule has 0 aliphatic rings. The summed E-state index contributed by atoms with van der Waals surface area (Å²) in [7, 11) is 1.61. The average molecular weight is 363 g/mol. The molecule has 0 aliphatic carbocycles. The lowest BCUT2D eigenvalue weighted by Gasteiger charge is -2.08. The summed E-state index contributed by atoms with van der Waals surface area (Å²) < 4.78 is 2.79. The van der Waals surface area contributed by atoms with Crippen molar-refractivity contribution in [3.05, 3.63) is 33.9 Å². The Labute approximate surface area is 149 Å². The van der Waals surface area contributed by atoms with Gasteiger partial charge in [-0.2, -0.15) is 10.2 Å². The highest BCUT2D eigenvalue weighted by Gasteiger charge is 2.19. The highest BCUT2D eigenvalue weighted by Crippen LogP contribution is 2.17. The van der Waals surface area contributed by atoms with Crippen LogP contribution in [0.4, 0.5) is 11.4 Å². The predicted molar refractivity (Wildman–Crippen MR) is 92.7 cm³/mol. The van der Waals surface area contributed by atoms with E-state index in [4.69, 9.17) is 0 Å². The minimum Gasteiger partial charge on any atom is -0.351 e. The first-order valence-electron chi connectivity index (χ1n) is 8.12. The van der Waals surface area contributed by atoms with Gasteiger partial charge in [0.25, 0.3) is 5.91 Å². The number of aromatic nitrogens is 4. The minimum absolute atomic E-state index is 0.0462. The van der Waals surface area contributed by atoms with Crippen molar-refractivity contribution in [3.63, 3.8) is 0 Å². The predicted octanol–water partition coefficient (Wildman–Crippen LogP) is 1.00. The third kappa shape index (κ3) is 4.23. The quantitative estimate of drug-likeness (QED) is 0.530. The molecule has 0 aromatic carbocycles. The van der Waals surface area contributed by atoms with Crippen LogP contribution in [0.5, 0.6) is 0 Å². The highest BCUT2D eigenvalue weighted by molar-refractivity contribution is 6.02. The number of anilines is 1. The molecule has 140 valence electrons. The van der Waals surface area contributed by atoms with Crippen LogP contribution < -0.4 is 10.6 Å². The molecule has 0 spiro atoms. The monoisotopic (exact) mass is 363 g/mol. The fourth-order valence-electron chi connectivity index (χ4n) is 2.38. The van der Waals surface area contributed by atoms with Crippen molar-refractivity contribution < 1.29 is 14.5 Å². The summed E-state index contributed by atoms with van der Waals surface area (Å²) in [6.07, 6.45) is 3.40. The van der Waals surface area contributed by atoms with E-state index in [1.54, 1.807) is 14.0 Å². The molecule has 2 N–H and O–H groups in total. The highest BCUT2D eigenvalue weighted by atomic mass is 16.6. The van der Waals surface area contributed by atoms with Crippen LogP contribution >= 0.6 is 0 Å². The van der Waals surface area contributed by atoms with Gasteiger partial charge < -0.3 is 10.6 Å². The maximum Gasteiger partial charge on any atom is 0.309 e. The van der Waals surface area contributed by atoms with Gasteiger partial charge in [-0.15, -0.1) is 0 Å². The summed E-state index contributed by atoms with van der Waals surface area (Å²) in [5, 5.41) is 24.1. The Morgan fingerprint density at radius 1 is 1.31 bits per heavy atom. The van der Waals surface area contributed by atoms with Gasteiger partial charge in [-0.25, -0.2) is 0 Å². The van der Waals surface area contributed by atoms with E-state index in [0.29, 0.717) is 17.9 Å². The van der Waals surface area contributed by atoms with Crippen LogP contribution in [-0.4, -0.2) is 42.8 Å². The van der Waals surface area contributed by atoms with E-state index in [1.165, 1.54) is 15.6 Å². The van der Waals surface area contributed by atoms with Crippen LogP contribution in [0.15, 0.2) is 12.4 Å². The van der Waals surface area contributed by atoms with Gasteiger partial charge >= 0.3 is 5.69 Å². The van der Waals surface area contributed by atoms with Gasteiger partial charge in [0.05, 0.1) is 23.4 Å². The minimum atomic E-state index is -0.518. The van der Waals surface area contributed by atoms with Crippen molar-refractivity contribution in [3.8, 4) is 0 Å². The van der Waals surface area contributed by atoms with Crippen LogP contribution in [-0.2, 0) is 18.4 Å². The second-order valence-corrected chi connectivity index (χ2v) is 5.68. The van der Waals surface area contributed by atoms with E-state index in [1.807, 2.05) is 6.92 Å². The van der Waals surface area contributed by atoms with Crippen molar-refractivity contribution in [2.45, 2.75) is 33.2 Å². The number of carbonyl (C=O) groups excluding carboxylic acids is 2. The number of amides is 2. The molecule has 0 atom stereocenters. The standard InChI is InChI=1S/C15H21N7O4/c1-4-6-16-15(24)14-11(8-17-20(14)3)19-13(23)5-7-21-10(2)12(9-18-21)22(25)26/h8-9H,4-7H2,1-3H3,(H,16,24)(H,19,23). The van der Waals surface area contributed by atoms with E-state index in [9.17, 15) is 19.7 Å². The fraction of sp³-hybridized carbons (Fsp3) is 0.467. The molecule has 26 heavy (non-hydrogen) atoms. The third-order valence-corrected chi connectivity index (χ3v) is 3.79. The lowest BCUT2D eigenvalue weighted by atomic mass is 10.3. The topological polar surface area (TPSA) is 137 Å². The molecular formula is C15H21N7O4. The van der Waals surface area contributed by atoms with Crippen molar-refractivity contribution in [2.24, 2.45) is 7.05 Å². The molecule has 2 heterocycles. The van der Waals surface area contributed by atoms with Gasteiger partial charge in [0.2, 0.25) is 5.91 Å². The molecule has 2 aromatic heterocycles. The van der Waals surface area contributed by atoms with Crippen molar-refractivity contribution in [2.75, 3.05) is 11.9 Å². The first kappa shape index (κ1) is 19.1. The largest absolute Gasteiger partial charge is 0.351 e. The average Bonchev–Trinajstić information content (AvgIpc) is 3.13. The summed E-state index contributed by atoms with van der Waals surface area (Å²) in [6, 6.07) is 0. The zero-order valence-electron chi connectivity index (χ0n) is 14.9. The molecule has 0 unspecified atom stereocenters. The number of aryl methyl sites for hydroxylation is 2. The second kappa shape index (κ2) is 8.23. The molecule has 0 radical (unpaired) electrons. The van der Waals surface area contributed by atoms with E-state index < -0.39 is 4.92 Å². The molecule has 0 bridgehead atoms. The van der Waals surface area contributed by atoms with Gasteiger partial charge in [0, 0.05) is 20.0 Å². The summed E-state index contributed by atoms with van der Waals surface area (Å²) in [5.74, 6) is -0.666. The Kier molecular flexibility index (Phi) is 6.04. The Balaban J connectivity index is 2.00. The number of hydrogen-bond acceptors (Lipinski definition) is 6. The first-order valence-corrected chi connectivity index (χ1v) is 8.12. The molecule has 2 amide bonds. The maximum atomic E-state index is 12.2. The van der Waals surface area contributed by atoms with Gasteiger partial charge in [-0.1, -0.05) is 6.92 Å². The summed E-state index contributed by atoms with van der Waals surface area (Å²) >= 11 is 0. The summed E-state index contributed by atoms with van der Waals surface area (Å²) in [6.45, 7) is 4.21. The molecule has 0 aliphatic heterocycles. The van der Waals surface area contributed by atoms with Gasteiger partial charge in [0.1, 0.15) is 17.6 Å². The van der Waals surface area contributed by atoms with Crippen molar-refractivity contribution >= 4 is 23.2 Å². The Morgan fingerprint density at radius 3 is 2.65 bits per heavy atom. The Morgan fingerprint density at radius 2 is 2.04 bits per heavy atom. The molecule has 0 fully saturated rings. The van der Waals surface area contributed by atoms with Crippen LogP contribution in [0.3, 0.4) is 0 Å². The number of rotatable bonds is 8. The van der Waals surface area contributed by atoms with E-state index in [2.05, 4.69) is 20.8 Å². The molecule has 0 saturated heterocycles. The third-order valence-electron chi connectivity index (χ3n) is 3.79. The second-order valence-electron chi connectivity index (χ2n) is 5.68. The number of nitrogens with one attached hydrogen (secondary N) is 2. The lowest BCUT2D eigenvalue weighted by Crippen LogP contribution is -2.27. The van der Waals surface area contributed by atoms with E-state index in [-0.39, 0.29) is 36.2 Å². The smallest absolute Gasteiger partial charge is 0.309 e. The molecule has 2 aromatic rings. The van der Waals surface area contributed by atoms with Crippen molar-refractivity contribution in [1.82, 2.24) is 24.9 Å². The fourth-order valence-corrected chi connectivity index (χ4v) is 2.38. The SMILES string of the molecule is CCCNC(=O)c1c(NC(=O)CCn2ncc([N+](=O)[O-])c2C)cnn1C. The van der Waals surface area contributed by atoms with Gasteiger partial charge in [-0.3, -0.25) is 29.1 Å². The van der Waals surface area contributed by atoms with E-state index >= 15 is 0 Å². The maximum absolute atomic E-state index is 12.2. The van der Waals surface area contributed by atoms with Gasteiger partial charge in [0.15, 0.2) is 0 Å². The van der Waals surface area contributed by atoms with Crippen molar-refractivity contribution in [1.29, 1.82) is 0 Å². The zero-order valence-corrected chi connectivity index (χ0v) is 14.9. The Hall–Kier alpha value is -3.24. The van der Waals surface area contributed by atoms with Crippen LogP contribution in [0, 0.1) is 17.0 Å². The molecule has 11 heteroatoms. The number of nitro groups is 1. The van der Waals surface area contributed by atoms with Gasteiger partial charge in [-0.05, 0) is 13.3 Å². The van der Waals surface area contributed by atoms with Crippen LogP contribution in [0.1, 0.15) is 35.9 Å². The number of carbonyl (C=O) groups is 2. The molecular weight excluding hydrogens is 342 g/mol. The summed E-state index contributed by atoms with van der Waals surface area (Å²) in [5.41, 5.74) is 0.864. The lowest BCUT2D eigenvalue weighted by molar-refractivity contribution is -0.385. The van der Waals surface area contributed by atoms with E-state index in [0.717, 1.165) is 12.6 Å². The van der Waals surface area contributed by atoms with Crippen LogP contribution in [0.2, 0.25) is 0 Å². The molecule has 2 rings (SSSR count). The van der Waals surface area contributed by atoms with Crippen LogP contribution in [0.25, 0.3) is 0 Å². The number of nitrogens with zero attached hydrogens (tertiary/aromatic N) is 5. The number of hydrogen-bond donors (Lipinski definition) is 2. The normalized spacial score (nSPS) is 10.6. The summed E-state index contributed by atoms with van der Waals surface area (Å²) in [4.78, 5) is 34.7.